The van der Waals surface area contributed by atoms with E-state index in [2.05, 4.69) is 10.3 Å². The number of aromatic nitrogens is 2. The van der Waals surface area contributed by atoms with Gasteiger partial charge in [-0.1, -0.05) is 0 Å². The van der Waals surface area contributed by atoms with Crippen molar-refractivity contribution in [1.82, 2.24) is 19.8 Å². The summed E-state index contributed by atoms with van der Waals surface area (Å²) in [5.41, 5.74) is 0. The number of nitrogens with zero attached hydrogens (tertiary/aromatic N) is 4. The summed E-state index contributed by atoms with van der Waals surface area (Å²) >= 11 is 0. The molecule has 1 aromatic rings. The van der Waals surface area contributed by atoms with Gasteiger partial charge in [-0.2, -0.15) is 0 Å². The second-order valence-electron chi connectivity index (χ2n) is 4.48. The fourth-order valence-electron chi connectivity index (χ4n) is 2.09. The number of carbonyl (C=O) groups excluding carboxylic acids is 1. The lowest BCUT2D eigenvalue weighted by Gasteiger charge is -2.27. The normalized spacial score (nSPS) is 15.5. The number of amides is 1. The molecule has 1 aliphatic heterocycles. The molecule has 0 saturated carbocycles. The Morgan fingerprint density at radius 3 is 2.79 bits per heavy atom. The van der Waals surface area contributed by atoms with E-state index in [9.17, 15) is 14.9 Å². The van der Waals surface area contributed by atoms with Crippen molar-refractivity contribution in [3.63, 3.8) is 0 Å². The first-order valence-electron chi connectivity index (χ1n) is 6.24. The molecule has 2 heterocycles. The Kier molecular flexibility index (Phi) is 4.10. The standard InChI is InChI=1S/C11H17N5O3/c1-9-13-10(16(18)19)8-15(9)5-2-11(17)14-6-3-12-4-7-14/h8,12H,2-7H2,1H3. The van der Waals surface area contributed by atoms with Crippen molar-refractivity contribution in [3.8, 4) is 0 Å². The molecule has 1 fully saturated rings. The van der Waals surface area contributed by atoms with Gasteiger partial charge in [0.2, 0.25) is 11.7 Å². The topological polar surface area (TPSA) is 93.3 Å². The third kappa shape index (κ3) is 3.28. The molecule has 0 aliphatic carbocycles. The highest BCUT2D eigenvalue weighted by molar-refractivity contribution is 5.76. The van der Waals surface area contributed by atoms with E-state index in [0.29, 0.717) is 18.8 Å². The van der Waals surface area contributed by atoms with E-state index in [1.54, 1.807) is 11.5 Å². The first-order valence-corrected chi connectivity index (χ1v) is 6.24. The molecule has 0 radical (unpaired) electrons. The first-order chi connectivity index (χ1) is 9.08. The van der Waals surface area contributed by atoms with Crippen molar-refractivity contribution in [3.05, 3.63) is 22.1 Å². The molecule has 1 aliphatic rings. The summed E-state index contributed by atoms with van der Waals surface area (Å²) < 4.78 is 1.65. The average Bonchev–Trinajstić information content (AvgIpc) is 2.79. The van der Waals surface area contributed by atoms with Gasteiger partial charge in [0.1, 0.15) is 6.20 Å². The van der Waals surface area contributed by atoms with Crippen LogP contribution in [0.1, 0.15) is 12.2 Å². The highest BCUT2D eigenvalue weighted by Gasteiger charge is 2.18. The molecular formula is C11H17N5O3. The lowest BCUT2D eigenvalue weighted by atomic mass is 10.3. The number of nitro groups is 1. The van der Waals surface area contributed by atoms with E-state index in [4.69, 9.17) is 0 Å². The molecular weight excluding hydrogens is 250 g/mol. The number of aryl methyl sites for hydroxylation is 2. The van der Waals surface area contributed by atoms with Crippen LogP contribution in [-0.2, 0) is 11.3 Å². The zero-order valence-corrected chi connectivity index (χ0v) is 10.8. The minimum atomic E-state index is -0.526. The molecule has 2 rings (SSSR count). The van der Waals surface area contributed by atoms with Gasteiger partial charge in [-0.05, 0) is 9.91 Å². The van der Waals surface area contributed by atoms with Crippen LogP contribution in [0, 0.1) is 17.0 Å². The van der Waals surface area contributed by atoms with Gasteiger partial charge in [-0.3, -0.25) is 4.79 Å². The van der Waals surface area contributed by atoms with Crippen LogP contribution in [0.2, 0.25) is 0 Å². The van der Waals surface area contributed by atoms with Crippen molar-refractivity contribution < 1.29 is 9.72 Å². The van der Waals surface area contributed by atoms with E-state index in [1.807, 2.05) is 4.90 Å². The van der Waals surface area contributed by atoms with E-state index in [1.165, 1.54) is 6.20 Å². The molecule has 0 aromatic carbocycles. The van der Waals surface area contributed by atoms with Crippen molar-refractivity contribution in [2.45, 2.75) is 19.9 Å². The highest BCUT2D eigenvalue weighted by atomic mass is 16.6. The molecule has 0 bridgehead atoms. The summed E-state index contributed by atoms with van der Waals surface area (Å²) in [7, 11) is 0. The van der Waals surface area contributed by atoms with Gasteiger partial charge in [-0.15, -0.1) is 0 Å². The zero-order chi connectivity index (χ0) is 13.8. The third-order valence-electron chi connectivity index (χ3n) is 3.19. The molecule has 1 amide bonds. The second-order valence-corrected chi connectivity index (χ2v) is 4.48. The maximum Gasteiger partial charge on any atom is 0.381 e. The summed E-state index contributed by atoms with van der Waals surface area (Å²) in [5, 5.41) is 13.8. The number of imidazole rings is 1. The minimum Gasteiger partial charge on any atom is -0.358 e. The molecule has 0 atom stereocenters. The largest absolute Gasteiger partial charge is 0.381 e. The summed E-state index contributed by atoms with van der Waals surface area (Å²) in [5.74, 6) is 0.462. The van der Waals surface area contributed by atoms with E-state index in [0.717, 1.165) is 26.2 Å². The predicted octanol–water partition coefficient (Wildman–Crippen LogP) is -0.0784. The van der Waals surface area contributed by atoms with Crippen LogP contribution < -0.4 is 5.32 Å². The molecule has 1 saturated heterocycles. The third-order valence-corrected chi connectivity index (χ3v) is 3.19. The summed E-state index contributed by atoms with van der Waals surface area (Å²) in [6, 6.07) is 0. The van der Waals surface area contributed by atoms with Gasteiger partial charge >= 0.3 is 5.82 Å². The van der Waals surface area contributed by atoms with Gasteiger partial charge in [0.25, 0.3) is 0 Å². The monoisotopic (exact) mass is 267 g/mol. The summed E-state index contributed by atoms with van der Waals surface area (Å²) in [6.07, 6.45) is 1.72. The van der Waals surface area contributed by atoms with E-state index in [-0.39, 0.29) is 11.7 Å². The Morgan fingerprint density at radius 1 is 1.53 bits per heavy atom. The molecule has 104 valence electrons. The molecule has 0 unspecified atom stereocenters. The minimum absolute atomic E-state index is 0.0808. The SMILES string of the molecule is Cc1nc([N+](=O)[O-])cn1CCC(=O)N1CCNCC1. The van der Waals surface area contributed by atoms with Gasteiger partial charge < -0.3 is 24.9 Å². The maximum absolute atomic E-state index is 12.0. The molecule has 0 spiro atoms. The smallest absolute Gasteiger partial charge is 0.358 e. The van der Waals surface area contributed by atoms with Crippen LogP contribution in [0.25, 0.3) is 0 Å². The van der Waals surface area contributed by atoms with Gasteiger partial charge in [-0.25, -0.2) is 0 Å². The Balaban J connectivity index is 1.91. The molecule has 1 aromatic heterocycles. The number of piperazine rings is 1. The molecule has 8 nitrogen and oxygen atoms in total. The van der Waals surface area contributed by atoms with E-state index < -0.39 is 4.92 Å². The summed E-state index contributed by atoms with van der Waals surface area (Å²) in [6.45, 7) is 5.21. The van der Waals surface area contributed by atoms with Crippen LogP contribution >= 0.6 is 0 Å². The molecule has 1 N–H and O–H groups in total. The number of rotatable bonds is 4. The number of carbonyl (C=O) groups is 1. The zero-order valence-electron chi connectivity index (χ0n) is 10.8. The number of nitrogens with one attached hydrogen (secondary N) is 1. The Bertz CT molecular complexity index is 479. The highest BCUT2D eigenvalue weighted by Crippen LogP contribution is 2.11. The quantitative estimate of drug-likeness (QED) is 0.608. The van der Waals surface area contributed by atoms with Crippen LogP contribution in [0.5, 0.6) is 0 Å². The summed E-state index contributed by atoms with van der Waals surface area (Å²) in [4.78, 5) is 27.7. The van der Waals surface area contributed by atoms with Crippen LogP contribution in [0.3, 0.4) is 0 Å². The van der Waals surface area contributed by atoms with Gasteiger partial charge in [0, 0.05) is 46.1 Å². The average molecular weight is 267 g/mol. The van der Waals surface area contributed by atoms with Gasteiger partial charge in [0.05, 0.1) is 0 Å². The lowest BCUT2D eigenvalue weighted by molar-refractivity contribution is -0.389. The van der Waals surface area contributed by atoms with Crippen LogP contribution in [0.4, 0.5) is 5.82 Å². The van der Waals surface area contributed by atoms with Crippen LogP contribution in [-0.4, -0.2) is 51.5 Å². The Labute approximate surface area is 110 Å². The second kappa shape index (κ2) is 5.79. The Morgan fingerprint density at radius 2 is 2.21 bits per heavy atom. The Hall–Kier alpha value is -1.96. The fraction of sp³-hybridized carbons (Fsp3) is 0.636. The van der Waals surface area contributed by atoms with Gasteiger partial charge in [0.15, 0.2) is 0 Å². The van der Waals surface area contributed by atoms with Crippen LogP contribution in [0.15, 0.2) is 6.20 Å². The van der Waals surface area contributed by atoms with Crippen molar-refractivity contribution in [2.24, 2.45) is 0 Å². The molecule has 8 heteroatoms. The van der Waals surface area contributed by atoms with Crippen molar-refractivity contribution in [2.75, 3.05) is 26.2 Å². The predicted molar refractivity (Wildman–Crippen MR) is 67.7 cm³/mol. The van der Waals surface area contributed by atoms with Crippen molar-refractivity contribution in [1.29, 1.82) is 0 Å². The molecule has 19 heavy (non-hydrogen) atoms. The van der Waals surface area contributed by atoms with Crippen molar-refractivity contribution >= 4 is 11.7 Å². The van der Waals surface area contributed by atoms with E-state index >= 15 is 0 Å². The maximum atomic E-state index is 12.0. The lowest BCUT2D eigenvalue weighted by Crippen LogP contribution is -2.46. The number of hydrogen-bond acceptors (Lipinski definition) is 5. The number of hydrogen-bond donors (Lipinski definition) is 1. The fourth-order valence-corrected chi connectivity index (χ4v) is 2.09. The first kappa shape index (κ1) is 13.5.